The summed E-state index contributed by atoms with van der Waals surface area (Å²) in [5, 5.41) is 19.8. The van der Waals surface area contributed by atoms with Crippen molar-refractivity contribution in [2.75, 3.05) is 32.4 Å². The lowest BCUT2D eigenvalue weighted by Gasteiger charge is -2.40. The SMILES string of the molecule is CC1CC(NCCCNS(C)(=O)=O)NC(NC(=O)NC2CCC3CNCCC3C2)N1. The maximum atomic E-state index is 12.5. The predicted octanol–water partition coefficient (Wildman–Crippen LogP) is -0.826. The first kappa shape index (κ1) is 23.7. The minimum atomic E-state index is -3.14. The molecule has 2 heterocycles. The monoisotopic (exact) mass is 445 g/mol. The van der Waals surface area contributed by atoms with Gasteiger partial charge < -0.3 is 21.3 Å². The molecule has 0 aromatic carbocycles. The quantitative estimate of drug-likeness (QED) is 0.242. The number of hydrogen-bond acceptors (Lipinski definition) is 7. The first-order valence-corrected chi connectivity index (χ1v) is 13.2. The molecule has 6 unspecified atom stereocenters. The summed E-state index contributed by atoms with van der Waals surface area (Å²) in [7, 11) is -3.14. The average molecular weight is 446 g/mol. The maximum absolute atomic E-state index is 12.5. The summed E-state index contributed by atoms with van der Waals surface area (Å²) in [6.07, 6.45) is 6.99. The van der Waals surface area contributed by atoms with Crippen LogP contribution in [0.1, 0.15) is 45.4 Å². The van der Waals surface area contributed by atoms with Gasteiger partial charge in [0.2, 0.25) is 10.0 Å². The first-order chi connectivity index (χ1) is 14.3. The van der Waals surface area contributed by atoms with E-state index in [0.29, 0.717) is 19.5 Å². The largest absolute Gasteiger partial charge is 0.335 e. The van der Waals surface area contributed by atoms with Gasteiger partial charge in [0, 0.05) is 18.6 Å². The molecule has 0 spiro atoms. The van der Waals surface area contributed by atoms with Crippen LogP contribution in [-0.4, -0.2) is 71.4 Å². The smallest absolute Gasteiger partial charge is 0.317 e. The first-order valence-electron chi connectivity index (χ1n) is 11.3. The third-order valence-electron chi connectivity index (χ3n) is 6.37. The molecule has 1 saturated carbocycles. The highest BCUT2D eigenvalue weighted by Gasteiger charge is 2.33. The second-order valence-electron chi connectivity index (χ2n) is 9.07. The molecule has 3 rings (SSSR count). The Kier molecular flexibility index (Phi) is 8.72. The van der Waals surface area contributed by atoms with Crippen molar-refractivity contribution in [3.8, 4) is 0 Å². The zero-order valence-corrected chi connectivity index (χ0v) is 19.0. The average Bonchev–Trinajstić information content (AvgIpc) is 2.66. The molecule has 2 amide bonds. The Morgan fingerprint density at radius 3 is 2.67 bits per heavy atom. The van der Waals surface area contributed by atoms with E-state index in [9.17, 15) is 13.2 Å². The van der Waals surface area contributed by atoms with E-state index in [-0.39, 0.29) is 30.6 Å². The molecule has 30 heavy (non-hydrogen) atoms. The van der Waals surface area contributed by atoms with Gasteiger partial charge in [-0.15, -0.1) is 0 Å². The van der Waals surface area contributed by atoms with Gasteiger partial charge in [-0.25, -0.2) is 17.9 Å². The van der Waals surface area contributed by atoms with E-state index in [4.69, 9.17) is 0 Å². The van der Waals surface area contributed by atoms with Crippen molar-refractivity contribution < 1.29 is 13.2 Å². The molecular weight excluding hydrogens is 406 g/mol. The van der Waals surface area contributed by atoms with E-state index >= 15 is 0 Å². The number of carbonyl (C=O) groups is 1. The topological polar surface area (TPSA) is 135 Å². The number of carbonyl (C=O) groups excluding carboxylic acids is 1. The zero-order valence-electron chi connectivity index (χ0n) is 18.2. The van der Waals surface area contributed by atoms with E-state index in [1.165, 1.54) is 12.8 Å². The lowest BCUT2D eigenvalue weighted by atomic mass is 9.73. The van der Waals surface area contributed by atoms with Crippen LogP contribution in [0.5, 0.6) is 0 Å². The Hall–Kier alpha value is -0.980. The van der Waals surface area contributed by atoms with Gasteiger partial charge in [0.25, 0.3) is 0 Å². The van der Waals surface area contributed by atoms with Gasteiger partial charge in [0.15, 0.2) is 0 Å². The molecule has 10 nitrogen and oxygen atoms in total. The van der Waals surface area contributed by atoms with Gasteiger partial charge in [-0.2, -0.15) is 0 Å². The number of fused-ring (bicyclic) bond motifs is 1. The summed E-state index contributed by atoms with van der Waals surface area (Å²) in [6.45, 7) is 5.40. The minimum absolute atomic E-state index is 0.0509. The molecule has 3 fully saturated rings. The second kappa shape index (κ2) is 11.1. The Labute approximate surface area is 180 Å². The summed E-state index contributed by atoms with van der Waals surface area (Å²) in [6, 6.07) is 0.359. The molecule has 11 heteroatoms. The van der Waals surface area contributed by atoms with E-state index < -0.39 is 10.0 Å². The summed E-state index contributed by atoms with van der Waals surface area (Å²) >= 11 is 0. The molecule has 2 aliphatic heterocycles. The fraction of sp³-hybridized carbons (Fsp3) is 0.947. The Bertz CT molecular complexity index is 663. The summed E-state index contributed by atoms with van der Waals surface area (Å²) in [4.78, 5) is 12.5. The van der Waals surface area contributed by atoms with Crippen molar-refractivity contribution in [2.24, 2.45) is 11.8 Å². The molecular formula is C19H39N7O3S. The van der Waals surface area contributed by atoms with Crippen LogP contribution in [0.15, 0.2) is 0 Å². The number of sulfonamides is 1. The van der Waals surface area contributed by atoms with Crippen molar-refractivity contribution in [1.82, 2.24) is 36.6 Å². The van der Waals surface area contributed by atoms with Crippen LogP contribution in [0.25, 0.3) is 0 Å². The lowest BCUT2D eigenvalue weighted by molar-refractivity contribution is 0.151. The number of amides is 2. The lowest BCUT2D eigenvalue weighted by Crippen LogP contribution is -2.68. The Morgan fingerprint density at radius 2 is 1.87 bits per heavy atom. The van der Waals surface area contributed by atoms with Gasteiger partial charge in [-0.3, -0.25) is 10.6 Å². The van der Waals surface area contributed by atoms with Gasteiger partial charge in [-0.05, 0) is 76.9 Å². The molecule has 174 valence electrons. The summed E-state index contributed by atoms with van der Waals surface area (Å²) in [5.74, 6) is 1.49. The van der Waals surface area contributed by atoms with Crippen LogP contribution in [-0.2, 0) is 10.0 Å². The van der Waals surface area contributed by atoms with Crippen molar-refractivity contribution >= 4 is 16.1 Å². The number of rotatable bonds is 8. The standard InChI is InChI=1S/C19H39N7O3S/c1-13-10-17(21-7-3-8-22-30(2,28)29)25-18(23-13)26-19(27)24-16-5-4-15-12-20-9-6-14(15)11-16/h13-18,20-23,25H,3-12H2,1-2H3,(H2,24,26,27). The van der Waals surface area contributed by atoms with Crippen LogP contribution in [0.3, 0.4) is 0 Å². The van der Waals surface area contributed by atoms with Crippen molar-refractivity contribution in [1.29, 1.82) is 0 Å². The Morgan fingerprint density at radius 1 is 1.03 bits per heavy atom. The van der Waals surface area contributed by atoms with Crippen LogP contribution in [0, 0.1) is 11.8 Å². The van der Waals surface area contributed by atoms with E-state index in [0.717, 1.165) is 50.4 Å². The number of piperidine rings is 1. The third kappa shape index (κ3) is 7.93. The van der Waals surface area contributed by atoms with Crippen molar-refractivity contribution in [3.05, 3.63) is 0 Å². The van der Waals surface area contributed by atoms with Crippen molar-refractivity contribution in [3.63, 3.8) is 0 Å². The molecule has 7 N–H and O–H groups in total. The molecule has 0 bridgehead atoms. The number of hydrogen-bond donors (Lipinski definition) is 7. The molecule has 1 aliphatic carbocycles. The highest BCUT2D eigenvalue weighted by molar-refractivity contribution is 7.88. The van der Waals surface area contributed by atoms with Crippen LogP contribution in [0.2, 0.25) is 0 Å². The third-order valence-corrected chi connectivity index (χ3v) is 7.09. The molecule has 0 aromatic rings. The summed E-state index contributed by atoms with van der Waals surface area (Å²) in [5.41, 5.74) is 0. The highest BCUT2D eigenvalue weighted by Crippen LogP contribution is 2.33. The fourth-order valence-corrected chi connectivity index (χ4v) is 5.40. The van der Waals surface area contributed by atoms with Gasteiger partial charge in [-0.1, -0.05) is 0 Å². The van der Waals surface area contributed by atoms with Crippen LogP contribution in [0.4, 0.5) is 4.79 Å². The Balaban J connectivity index is 1.36. The predicted molar refractivity (Wildman–Crippen MR) is 117 cm³/mol. The molecule has 0 aromatic heterocycles. The van der Waals surface area contributed by atoms with E-state index in [1.807, 2.05) is 0 Å². The zero-order chi connectivity index (χ0) is 21.6. The number of urea groups is 1. The van der Waals surface area contributed by atoms with Crippen molar-refractivity contribution in [2.45, 2.75) is 70.0 Å². The normalized spacial score (nSPS) is 34.7. The second-order valence-corrected chi connectivity index (χ2v) is 10.9. The molecule has 6 atom stereocenters. The van der Waals surface area contributed by atoms with Gasteiger partial charge in [0.05, 0.1) is 12.4 Å². The van der Waals surface area contributed by atoms with E-state index in [1.54, 1.807) is 0 Å². The summed E-state index contributed by atoms with van der Waals surface area (Å²) < 4.78 is 24.7. The highest BCUT2D eigenvalue weighted by atomic mass is 32.2. The van der Waals surface area contributed by atoms with Crippen LogP contribution < -0.4 is 36.6 Å². The van der Waals surface area contributed by atoms with Gasteiger partial charge in [0.1, 0.15) is 6.29 Å². The molecule has 0 radical (unpaired) electrons. The fourth-order valence-electron chi connectivity index (χ4n) is 4.88. The number of nitrogens with one attached hydrogen (secondary N) is 7. The molecule has 2 saturated heterocycles. The van der Waals surface area contributed by atoms with Gasteiger partial charge >= 0.3 is 6.03 Å². The maximum Gasteiger partial charge on any atom is 0.317 e. The minimum Gasteiger partial charge on any atom is -0.335 e. The van der Waals surface area contributed by atoms with Crippen LogP contribution >= 0.6 is 0 Å². The van der Waals surface area contributed by atoms with E-state index in [2.05, 4.69) is 43.5 Å². The molecule has 3 aliphatic rings.